The lowest BCUT2D eigenvalue weighted by Gasteiger charge is -2.17. The quantitative estimate of drug-likeness (QED) is 0.201. The summed E-state index contributed by atoms with van der Waals surface area (Å²) in [6.45, 7) is 0. The normalized spacial score (nSPS) is 11.7. The summed E-state index contributed by atoms with van der Waals surface area (Å²) in [6.07, 6.45) is 0. The maximum Gasteiger partial charge on any atom is 0.143 e. The molecule has 0 fully saturated rings. The van der Waals surface area contributed by atoms with Crippen molar-refractivity contribution < 1.29 is 4.42 Å². The minimum Gasteiger partial charge on any atom is -0.455 e. The van der Waals surface area contributed by atoms with Crippen LogP contribution in [0.5, 0.6) is 0 Å². The van der Waals surface area contributed by atoms with Gasteiger partial charge in [0.2, 0.25) is 0 Å². The predicted octanol–water partition coefficient (Wildman–Crippen LogP) is 12.0. The van der Waals surface area contributed by atoms with Gasteiger partial charge in [-0.15, -0.1) is 0 Å². The van der Waals surface area contributed by atoms with E-state index in [4.69, 9.17) is 4.42 Å². The molecule has 200 valence electrons. The van der Waals surface area contributed by atoms with Crippen LogP contribution in [0.1, 0.15) is 0 Å². The van der Waals surface area contributed by atoms with Gasteiger partial charge in [-0.05, 0) is 72.8 Å². The number of rotatable bonds is 3. The molecule has 8 aromatic carbocycles. The largest absolute Gasteiger partial charge is 0.455 e. The molecule has 0 unspecified atom stereocenters. The molecule has 0 saturated carbocycles. The molecule has 0 saturated heterocycles. The molecule has 0 atom stereocenters. The molecule has 0 aliphatic rings. The van der Waals surface area contributed by atoms with Crippen molar-refractivity contribution in [2.24, 2.45) is 0 Å². The molecule has 0 bridgehead atoms. The van der Waals surface area contributed by atoms with E-state index in [1.807, 2.05) is 0 Å². The van der Waals surface area contributed by atoms with Crippen LogP contribution in [-0.2, 0) is 0 Å². The predicted molar refractivity (Wildman–Crippen MR) is 183 cm³/mol. The molecule has 43 heavy (non-hydrogen) atoms. The van der Waals surface area contributed by atoms with Crippen LogP contribution in [-0.4, -0.2) is 0 Å². The fourth-order valence-corrected chi connectivity index (χ4v) is 6.88. The maximum absolute atomic E-state index is 6.71. The number of benzene rings is 8. The molecule has 1 aromatic heterocycles. The second kappa shape index (κ2) is 9.44. The van der Waals surface area contributed by atoms with E-state index in [0.29, 0.717) is 0 Å². The van der Waals surface area contributed by atoms with E-state index in [0.717, 1.165) is 27.5 Å². The van der Waals surface area contributed by atoms with E-state index in [2.05, 4.69) is 158 Å². The van der Waals surface area contributed by atoms with Gasteiger partial charge in [-0.2, -0.15) is 0 Å². The highest BCUT2D eigenvalue weighted by atomic mass is 16.3. The summed E-state index contributed by atoms with van der Waals surface area (Å²) in [5.74, 6) is 0. The summed E-state index contributed by atoms with van der Waals surface area (Å²) in [4.78, 5) is 0. The van der Waals surface area contributed by atoms with E-state index in [9.17, 15) is 0 Å². The summed E-state index contributed by atoms with van der Waals surface area (Å²) in [7, 11) is 0. The van der Waals surface area contributed by atoms with Crippen molar-refractivity contribution in [2.45, 2.75) is 0 Å². The van der Waals surface area contributed by atoms with E-state index in [1.54, 1.807) is 0 Å². The first kappa shape index (κ1) is 24.0. The maximum atomic E-state index is 6.71. The molecule has 9 rings (SSSR count). The molecule has 0 aliphatic heterocycles. The van der Waals surface area contributed by atoms with Gasteiger partial charge in [-0.25, -0.2) is 0 Å². The topological polar surface area (TPSA) is 13.1 Å². The first-order valence-corrected chi connectivity index (χ1v) is 14.8. The minimum atomic E-state index is 0.904. The third-order valence-electron chi connectivity index (χ3n) is 8.84. The van der Waals surface area contributed by atoms with Crippen LogP contribution in [0.15, 0.2) is 162 Å². The Morgan fingerprint density at radius 3 is 1.65 bits per heavy atom. The SMILES string of the molecule is c1ccc(-c2c3ccccc3c(-c3cccc4c3oc3ccc(-c5ccc6ccccc6c5)cc34)c3ccccc23)cc1. The minimum absolute atomic E-state index is 0.904. The molecule has 0 spiro atoms. The van der Waals surface area contributed by atoms with Crippen molar-refractivity contribution in [3.63, 3.8) is 0 Å². The van der Waals surface area contributed by atoms with Gasteiger partial charge >= 0.3 is 0 Å². The standard InChI is InChI=1S/C42H26O/c1-2-12-28(13-3-1)40-32-15-6-8-17-34(32)41(35-18-9-7-16-33(35)40)37-20-10-19-36-38-26-31(23-24-39(38)43-42(36)37)30-22-21-27-11-4-5-14-29(27)25-30/h1-26H. The van der Waals surface area contributed by atoms with E-state index < -0.39 is 0 Å². The zero-order chi connectivity index (χ0) is 28.3. The van der Waals surface area contributed by atoms with Crippen molar-refractivity contribution in [1.82, 2.24) is 0 Å². The van der Waals surface area contributed by atoms with Gasteiger partial charge < -0.3 is 4.42 Å². The fourth-order valence-electron chi connectivity index (χ4n) is 6.88. The summed E-state index contributed by atoms with van der Waals surface area (Å²) >= 11 is 0. The summed E-state index contributed by atoms with van der Waals surface area (Å²) in [6, 6.07) is 56.7. The lowest BCUT2D eigenvalue weighted by molar-refractivity contribution is 0.670. The number of hydrogen-bond acceptors (Lipinski definition) is 1. The third-order valence-corrected chi connectivity index (χ3v) is 8.84. The van der Waals surface area contributed by atoms with Crippen LogP contribution in [0.3, 0.4) is 0 Å². The van der Waals surface area contributed by atoms with Gasteiger partial charge in [0, 0.05) is 21.9 Å². The van der Waals surface area contributed by atoms with Gasteiger partial charge in [-0.3, -0.25) is 0 Å². The molecule has 9 aromatic rings. The van der Waals surface area contributed by atoms with E-state index >= 15 is 0 Å². The first-order chi connectivity index (χ1) is 21.3. The molecule has 0 amide bonds. The Bertz CT molecular complexity index is 2440. The van der Waals surface area contributed by atoms with E-state index in [1.165, 1.54) is 60.1 Å². The molecule has 1 nitrogen and oxygen atoms in total. The Hall–Kier alpha value is -5.66. The smallest absolute Gasteiger partial charge is 0.143 e. The Kier molecular flexibility index (Phi) is 5.27. The van der Waals surface area contributed by atoms with Crippen LogP contribution in [0.2, 0.25) is 0 Å². The van der Waals surface area contributed by atoms with Gasteiger partial charge in [0.25, 0.3) is 0 Å². The fraction of sp³-hybridized carbons (Fsp3) is 0. The number of hydrogen-bond donors (Lipinski definition) is 0. The molecule has 1 heterocycles. The van der Waals surface area contributed by atoms with Crippen molar-refractivity contribution in [3.05, 3.63) is 158 Å². The monoisotopic (exact) mass is 546 g/mol. The third kappa shape index (κ3) is 3.72. The summed E-state index contributed by atoms with van der Waals surface area (Å²) in [5.41, 5.74) is 9.06. The lowest BCUT2D eigenvalue weighted by Crippen LogP contribution is -1.90. The van der Waals surface area contributed by atoms with Crippen LogP contribution in [0, 0.1) is 0 Å². The molecule has 0 N–H and O–H groups in total. The first-order valence-electron chi connectivity index (χ1n) is 14.8. The Labute approximate surface area is 249 Å². The summed E-state index contributed by atoms with van der Waals surface area (Å²) < 4.78 is 6.71. The van der Waals surface area contributed by atoms with E-state index in [-0.39, 0.29) is 0 Å². The molecular weight excluding hydrogens is 520 g/mol. The highest BCUT2D eigenvalue weighted by Gasteiger charge is 2.20. The number of furan rings is 1. The zero-order valence-electron chi connectivity index (χ0n) is 23.4. The average molecular weight is 547 g/mol. The highest BCUT2D eigenvalue weighted by molar-refractivity contribution is 6.24. The molecule has 0 radical (unpaired) electrons. The Morgan fingerprint density at radius 2 is 0.907 bits per heavy atom. The van der Waals surface area contributed by atoms with Gasteiger partial charge in [0.05, 0.1) is 0 Å². The van der Waals surface area contributed by atoms with Crippen molar-refractivity contribution in [3.8, 4) is 33.4 Å². The van der Waals surface area contributed by atoms with Crippen LogP contribution >= 0.6 is 0 Å². The number of fused-ring (bicyclic) bond motifs is 6. The molecule has 1 heteroatoms. The summed E-state index contributed by atoms with van der Waals surface area (Å²) in [5, 5.41) is 9.71. The number of para-hydroxylation sites is 1. The zero-order valence-corrected chi connectivity index (χ0v) is 23.4. The van der Waals surface area contributed by atoms with Crippen molar-refractivity contribution >= 4 is 54.3 Å². The second-order valence-electron chi connectivity index (χ2n) is 11.3. The van der Waals surface area contributed by atoms with Crippen LogP contribution < -0.4 is 0 Å². The average Bonchev–Trinajstić information content (AvgIpc) is 3.46. The Morgan fingerprint density at radius 1 is 0.326 bits per heavy atom. The lowest BCUT2D eigenvalue weighted by atomic mass is 9.85. The Balaban J connectivity index is 1.32. The van der Waals surface area contributed by atoms with Crippen molar-refractivity contribution in [2.75, 3.05) is 0 Å². The molecular formula is C42H26O. The van der Waals surface area contributed by atoms with Crippen LogP contribution in [0.4, 0.5) is 0 Å². The van der Waals surface area contributed by atoms with Crippen molar-refractivity contribution in [1.29, 1.82) is 0 Å². The van der Waals surface area contributed by atoms with Gasteiger partial charge in [0.15, 0.2) is 0 Å². The highest BCUT2D eigenvalue weighted by Crippen LogP contribution is 2.46. The van der Waals surface area contributed by atoms with Gasteiger partial charge in [0.1, 0.15) is 11.2 Å². The van der Waals surface area contributed by atoms with Crippen LogP contribution in [0.25, 0.3) is 87.6 Å². The second-order valence-corrected chi connectivity index (χ2v) is 11.3. The van der Waals surface area contributed by atoms with Gasteiger partial charge in [-0.1, -0.05) is 140 Å². The molecule has 0 aliphatic carbocycles.